The van der Waals surface area contributed by atoms with Gasteiger partial charge in [-0.1, -0.05) is 54.1 Å². The molecule has 0 aliphatic carbocycles. The lowest BCUT2D eigenvalue weighted by Gasteiger charge is -2.09. The first kappa shape index (κ1) is 25.3. The van der Waals surface area contributed by atoms with E-state index in [9.17, 15) is 9.59 Å². The zero-order chi connectivity index (χ0) is 24.2. The van der Waals surface area contributed by atoms with Crippen molar-refractivity contribution in [2.24, 2.45) is 0 Å². The summed E-state index contributed by atoms with van der Waals surface area (Å²) in [6.07, 6.45) is 5.13. The van der Waals surface area contributed by atoms with E-state index >= 15 is 0 Å². The smallest absolute Gasteiger partial charge is 0.339 e. The molecule has 3 aromatic rings. The number of rotatable bonds is 12. The van der Waals surface area contributed by atoms with E-state index < -0.39 is 5.97 Å². The van der Waals surface area contributed by atoms with Crippen LogP contribution < -0.4 is 10.1 Å². The molecule has 0 unspecified atom stereocenters. The van der Waals surface area contributed by atoms with Gasteiger partial charge >= 0.3 is 5.97 Å². The maximum absolute atomic E-state index is 12.4. The number of carbonyl (C=O) groups excluding carboxylic acids is 2. The standard InChI is InChI=1S/C28H30ClNO4/c1-33-28(32)25-20-23(13-16-26(25)29)27(31)30-18-17-22-11-14-24(15-12-22)34-19-7-3-6-10-21-8-4-2-5-9-21/h2,4-5,8-9,11-16,20H,3,6-7,10,17-19H2,1H3,(H,30,31). The molecule has 0 heterocycles. The minimum absolute atomic E-state index is 0.170. The van der Waals surface area contributed by atoms with Crippen LogP contribution in [0, 0.1) is 0 Å². The van der Waals surface area contributed by atoms with Crippen LogP contribution in [0.25, 0.3) is 0 Å². The third-order valence-electron chi connectivity index (χ3n) is 5.48. The lowest BCUT2D eigenvalue weighted by molar-refractivity contribution is 0.0601. The first-order chi connectivity index (χ1) is 16.6. The molecule has 178 valence electrons. The first-order valence-corrected chi connectivity index (χ1v) is 11.9. The number of ether oxygens (including phenoxy) is 2. The van der Waals surface area contributed by atoms with Gasteiger partial charge in [-0.2, -0.15) is 0 Å². The molecule has 34 heavy (non-hydrogen) atoms. The molecule has 0 atom stereocenters. The van der Waals surface area contributed by atoms with Crippen LogP contribution >= 0.6 is 11.6 Å². The van der Waals surface area contributed by atoms with E-state index in [2.05, 4.69) is 29.6 Å². The Labute approximate surface area is 206 Å². The highest BCUT2D eigenvalue weighted by molar-refractivity contribution is 6.33. The van der Waals surface area contributed by atoms with Gasteiger partial charge in [0.15, 0.2) is 0 Å². The molecule has 1 N–H and O–H groups in total. The lowest BCUT2D eigenvalue weighted by atomic mass is 10.1. The van der Waals surface area contributed by atoms with Crippen LogP contribution in [0.1, 0.15) is 51.1 Å². The van der Waals surface area contributed by atoms with Crippen molar-refractivity contribution in [3.63, 3.8) is 0 Å². The SMILES string of the molecule is COC(=O)c1cc(C(=O)NCCc2ccc(OCCCCCc3ccccc3)cc2)ccc1Cl. The Bertz CT molecular complexity index is 1070. The normalized spacial score (nSPS) is 10.5. The highest BCUT2D eigenvalue weighted by Crippen LogP contribution is 2.19. The molecule has 0 spiro atoms. The van der Waals surface area contributed by atoms with Gasteiger partial charge in [0.05, 0.1) is 24.3 Å². The second-order valence-corrected chi connectivity index (χ2v) is 8.39. The molecule has 0 aliphatic rings. The van der Waals surface area contributed by atoms with E-state index in [1.807, 2.05) is 30.3 Å². The van der Waals surface area contributed by atoms with E-state index in [-0.39, 0.29) is 16.5 Å². The van der Waals surface area contributed by atoms with Gasteiger partial charge in [-0.15, -0.1) is 0 Å². The number of nitrogens with one attached hydrogen (secondary N) is 1. The number of amides is 1. The molecule has 0 fully saturated rings. The number of methoxy groups -OCH3 is 1. The Morgan fingerprint density at radius 1 is 0.853 bits per heavy atom. The number of aryl methyl sites for hydroxylation is 1. The van der Waals surface area contributed by atoms with Crippen LogP contribution in [0.4, 0.5) is 0 Å². The zero-order valence-corrected chi connectivity index (χ0v) is 20.1. The Kier molecular flexibility index (Phi) is 9.98. The first-order valence-electron chi connectivity index (χ1n) is 11.5. The molecule has 0 saturated carbocycles. The quantitative estimate of drug-likeness (QED) is 0.260. The van der Waals surface area contributed by atoms with Gasteiger partial charge in [-0.05, 0) is 73.6 Å². The van der Waals surface area contributed by atoms with Gasteiger partial charge in [0.25, 0.3) is 5.91 Å². The Balaban J connectivity index is 1.34. The van der Waals surface area contributed by atoms with Crippen LogP contribution in [-0.2, 0) is 17.6 Å². The summed E-state index contributed by atoms with van der Waals surface area (Å²) in [5.41, 5.74) is 3.01. The molecule has 3 rings (SSSR count). The molecule has 0 aromatic heterocycles. The number of hydrogen-bond donors (Lipinski definition) is 1. The van der Waals surface area contributed by atoms with Crippen LogP contribution in [0.2, 0.25) is 5.02 Å². The maximum atomic E-state index is 12.4. The van der Waals surface area contributed by atoms with Crippen LogP contribution in [-0.4, -0.2) is 32.1 Å². The van der Waals surface area contributed by atoms with Crippen molar-refractivity contribution in [1.29, 1.82) is 0 Å². The third kappa shape index (κ3) is 7.92. The fourth-order valence-electron chi connectivity index (χ4n) is 3.55. The van der Waals surface area contributed by atoms with Gasteiger partial charge in [0, 0.05) is 12.1 Å². The lowest BCUT2D eigenvalue weighted by Crippen LogP contribution is -2.26. The van der Waals surface area contributed by atoms with E-state index in [0.29, 0.717) is 25.1 Å². The van der Waals surface area contributed by atoms with Crippen LogP contribution in [0.3, 0.4) is 0 Å². The average molecular weight is 480 g/mol. The minimum atomic E-state index is -0.575. The van der Waals surface area contributed by atoms with E-state index in [4.69, 9.17) is 21.1 Å². The molecule has 5 nitrogen and oxygen atoms in total. The van der Waals surface area contributed by atoms with Crippen LogP contribution in [0.15, 0.2) is 72.8 Å². The number of halogens is 1. The second kappa shape index (κ2) is 13.4. The van der Waals surface area contributed by atoms with Gasteiger partial charge < -0.3 is 14.8 Å². The fourth-order valence-corrected chi connectivity index (χ4v) is 3.75. The fraction of sp³-hybridized carbons (Fsp3) is 0.286. The molecule has 6 heteroatoms. The number of hydrogen-bond acceptors (Lipinski definition) is 4. The van der Waals surface area contributed by atoms with Crippen molar-refractivity contribution in [2.75, 3.05) is 20.3 Å². The molecular weight excluding hydrogens is 450 g/mol. The third-order valence-corrected chi connectivity index (χ3v) is 5.81. The molecule has 0 aliphatic heterocycles. The van der Waals surface area contributed by atoms with Gasteiger partial charge in [-0.25, -0.2) is 4.79 Å². The average Bonchev–Trinajstić information content (AvgIpc) is 2.87. The van der Waals surface area contributed by atoms with Crippen molar-refractivity contribution >= 4 is 23.5 Å². The summed E-state index contributed by atoms with van der Waals surface area (Å²) < 4.78 is 10.5. The molecule has 3 aromatic carbocycles. The summed E-state index contributed by atoms with van der Waals surface area (Å²) in [7, 11) is 1.27. The highest BCUT2D eigenvalue weighted by atomic mass is 35.5. The van der Waals surface area contributed by atoms with Crippen molar-refractivity contribution in [2.45, 2.75) is 32.1 Å². The number of esters is 1. The predicted octanol–water partition coefficient (Wildman–Crippen LogP) is 5.89. The molecule has 0 saturated heterocycles. The summed E-state index contributed by atoms with van der Waals surface area (Å²) in [5, 5.41) is 3.11. The summed E-state index contributed by atoms with van der Waals surface area (Å²) in [4.78, 5) is 24.2. The minimum Gasteiger partial charge on any atom is -0.494 e. The Morgan fingerprint density at radius 2 is 1.59 bits per heavy atom. The van der Waals surface area contributed by atoms with Gasteiger partial charge in [0.1, 0.15) is 5.75 Å². The van der Waals surface area contributed by atoms with E-state index in [0.717, 1.165) is 37.0 Å². The number of unbranched alkanes of at least 4 members (excludes halogenated alkanes) is 2. The summed E-state index contributed by atoms with van der Waals surface area (Å²) in [6, 6.07) is 23.0. The Morgan fingerprint density at radius 3 is 2.32 bits per heavy atom. The monoisotopic (exact) mass is 479 g/mol. The molecule has 0 radical (unpaired) electrons. The van der Waals surface area contributed by atoms with Crippen molar-refractivity contribution in [3.05, 3.63) is 100 Å². The van der Waals surface area contributed by atoms with Gasteiger partial charge in [0.2, 0.25) is 0 Å². The number of carbonyl (C=O) groups is 2. The van der Waals surface area contributed by atoms with Gasteiger partial charge in [-0.3, -0.25) is 4.79 Å². The summed E-state index contributed by atoms with van der Waals surface area (Å²) in [5.74, 6) is 0.00975. The molecule has 0 bridgehead atoms. The summed E-state index contributed by atoms with van der Waals surface area (Å²) >= 11 is 6.01. The molecular formula is C28H30ClNO4. The topological polar surface area (TPSA) is 64.6 Å². The van der Waals surface area contributed by atoms with E-state index in [1.165, 1.54) is 24.8 Å². The zero-order valence-electron chi connectivity index (χ0n) is 19.4. The highest BCUT2D eigenvalue weighted by Gasteiger charge is 2.14. The predicted molar refractivity (Wildman–Crippen MR) is 135 cm³/mol. The Hall–Kier alpha value is -3.31. The largest absolute Gasteiger partial charge is 0.494 e. The maximum Gasteiger partial charge on any atom is 0.339 e. The number of benzene rings is 3. The second-order valence-electron chi connectivity index (χ2n) is 7.98. The van der Waals surface area contributed by atoms with Crippen LogP contribution in [0.5, 0.6) is 5.75 Å². The molecule has 1 amide bonds. The summed E-state index contributed by atoms with van der Waals surface area (Å²) in [6.45, 7) is 1.18. The van der Waals surface area contributed by atoms with E-state index in [1.54, 1.807) is 6.07 Å². The van der Waals surface area contributed by atoms with Crippen molar-refractivity contribution in [1.82, 2.24) is 5.32 Å². The van der Waals surface area contributed by atoms with Crippen molar-refractivity contribution < 1.29 is 19.1 Å². The van der Waals surface area contributed by atoms with Crippen molar-refractivity contribution in [3.8, 4) is 5.75 Å².